The number of ketones is 1. The second-order valence-electron chi connectivity index (χ2n) is 5.65. The number of Topliss-reactive ketones (excluding diaryl/α,β-unsaturated/α-hetero) is 1. The molecule has 1 aliphatic carbocycles. The minimum Gasteiger partial charge on any atom is -0.452 e. The molecule has 23 heavy (non-hydrogen) atoms. The Morgan fingerprint density at radius 1 is 1.22 bits per heavy atom. The Morgan fingerprint density at radius 2 is 1.96 bits per heavy atom. The number of para-hydroxylation sites is 1. The van der Waals surface area contributed by atoms with E-state index < -0.39 is 12.0 Å². The fourth-order valence-electron chi connectivity index (χ4n) is 2.47. The number of carbonyl (C=O) groups is 3. The highest BCUT2D eigenvalue weighted by atomic mass is 16.5. The molecule has 0 aromatic heterocycles. The van der Waals surface area contributed by atoms with Crippen molar-refractivity contribution in [3.8, 4) is 0 Å². The lowest BCUT2D eigenvalue weighted by atomic mass is 9.95. The lowest BCUT2D eigenvalue weighted by Crippen LogP contribution is -2.33. The number of carbonyl (C=O) groups excluding carboxylic acids is 3. The molecule has 2 rings (SSSR count). The monoisotopic (exact) mass is 315 g/mol. The summed E-state index contributed by atoms with van der Waals surface area (Å²) < 4.78 is 5.25. The maximum Gasteiger partial charge on any atom is 0.310 e. The number of amides is 1. The molecular weight excluding hydrogens is 294 g/mol. The third-order valence-electron chi connectivity index (χ3n) is 3.83. The van der Waals surface area contributed by atoms with Crippen molar-refractivity contribution in [3.05, 3.63) is 42.0 Å². The fourth-order valence-corrected chi connectivity index (χ4v) is 2.47. The Labute approximate surface area is 135 Å². The van der Waals surface area contributed by atoms with Gasteiger partial charge in [-0.15, -0.1) is 0 Å². The molecule has 5 nitrogen and oxygen atoms in total. The van der Waals surface area contributed by atoms with Crippen molar-refractivity contribution in [3.63, 3.8) is 0 Å². The molecule has 1 aromatic rings. The fraction of sp³-hybridized carbons (Fsp3) is 0.389. The molecule has 0 radical (unpaired) electrons. The van der Waals surface area contributed by atoms with Crippen molar-refractivity contribution in [2.75, 3.05) is 5.32 Å². The number of allylic oxidation sites excluding steroid dienone is 2. The summed E-state index contributed by atoms with van der Waals surface area (Å²) in [7, 11) is 0. The molecule has 122 valence electrons. The number of esters is 1. The maximum atomic E-state index is 12.2. The summed E-state index contributed by atoms with van der Waals surface area (Å²) in [5.74, 6) is -1.12. The highest BCUT2D eigenvalue weighted by Gasteiger charge is 2.25. The van der Waals surface area contributed by atoms with Crippen LogP contribution in [0, 0.1) is 5.92 Å². The Hall–Kier alpha value is -2.43. The van der Waals surface area contributed by atoms with Crippen molar-refractivity contribution in [1.82, 2.24) is 0 Å². The zero-order valence-electron chi connectivity index (χ0n) is 13.4. The second-order valence-corrected chi connectivity index (χ2v) is 5.65. The summed E-state index contributed by atoms with van der Waals surface area (Å²) in [5, 5.41) is 2.65. The van der Waals surface area contributed by atoms with Crippen LogP contribution in [0.15, 0.2) is 36.4 Å². The number of hydrogen-bond donors (Lipinski definition) is 1. The molecule has 1 amide bonds. The van der Waals surface area contributed by atoms with Crippen LogP contribution in [0.4, 0.5) is 5.69 Å². The van der Waals surface area contributed by atoms with E-state index in [2.05, 4.69) is 5.32 Å². The number of benzene rings is 1. The van der Waals surface area contributed by atoms with Gasteiger partial charge in [-0.05, 0) is 45.2 Å². The lowest BCUT2D eigenvalue weighted by molar-refractivity contribution is -0.157. The number of ether oxygens (including phenoxy) is 1. The minimum atomic E-state index is -0.909. The smallest absolute Gasteiger partial charge is 0.310 e. The van der Waals surface area contributed by atoms with Crippen LogP contribution in [-0.2, 0) is 14.3 Å². The first-order valence-electron chi connectivity index (χ1n) is 7.75. The van der Waals surface area contributed by atoms with Crippen LogP contribution in [0.25, 0.3) is 0 Å². The summed E-state index contributed by atoms with van der Waals surface area (Å²) >= 11 is 0. The predicted octanol–water partition coefficient (Wildman–Crippen LogP) is 3.12. The maximum absolute atomic E-state index is 12.2. The molecule has 1 N–H and O–H groups in total. The normalized spacial score (nSPS) is 18.1. The van der Waals surface area contributed by atoms with Gasteiger partial charge in [0.05, 0.1) is 11.6 Å². The first-order chi connectivity index (χ1) is 11.0. The van der Waals surface area contributed by atoms with E-state index in [0.29, 0.717) is 17.7 Å². The number of rotatable bonds is 5. The van der Waals surface area contributed by atoms with Crippen molar-refractivity contribution < 1.29 is 19.1 Å². The first-order valence-corrected chi connectivity index (χ1v) is 7.75. The average Bonchev–Trinajstić information content (AvgIpc) is 2.55. The van der Waals surface area contributed by atoms with Crippen LogP contribution >= 0.6 is 0 Å². The Kier molecular flexibility index (Phi) is 5.68. The topological polar surface area (TPSA) is 72.5 Å². The van der Waals surface area contributed by atoms with E-state index in [1.54, 1.807) is 24.3 Å². The number of hydrogen-bond acceptors (Lipinski definition) is 4. The molecule has 0 unspecified atom stereocenters. The zero-order valence-corrected chi connectivity index (χ0v) is 13.4. The quantitative estimate of drug-likeness (QED) is 0.515. The molecule has 0 saturated carbocycles. The summed E-state index contributed by atoms with van der Waals surface area (Å²) in [6, 6.07) is 6.75. The van der Waals surface area contributed by atoms with E-state index in [-0.39, 0.29) is 17.7 Å². The Morgan fingerprint density at radius 3 is 2.61 bits per heavy atom. The summed E-state index contributed by atoms with van der Waals surface area (Å²) in [6.07, 6.45) is 5.35. The number of anilines is 1. The first kappa shape index (κ1) is 16.9. The van der Waals surface area contributed by atoms with Crippen molar-refractivity contribution in [1.29, 1.82) is 0 Å². The van der Waals surface area contributed by atoms with E-state index in [9.17, 15) is 14.4 Å². The minimum absolute atomic E-state index is 0.139. The van der Waals surface area contributed by atoms with Crippen LogP contribution < -0.4 is 5.32 Å². The van der Waals surface area contributed by atoms with Gasteiger partial charge in [0.15, 0.2) is 11.9 Å². The zero-order chi connectivity index (χ0) is 16.8. The lowest BCUT2D eigenvalue weighted by Gasteiger charge is -2.20. The van der Waals surface area contributed by atoms with Gasteiger partial charge in [0.2, 0.25) is 0 Å². The molecule has 2 atom stereocenters. The van der Waals surface area contributed by atoms with Gasteiger partial charge < -0.3 is 10.1 Å². The van der Waals surface area contributed by atoms with E-state index in [0.717, 1.165) is 12.8 Å². The third kappa shape index (κ3) is 4.52. The van der Waals surface area contributed by atoms with E-state index in [1.807, 2.05) is 12.2 Å². The second kappa shape index (κ2) is 7.72. The molecule has 0 spiro atoms. The molecule has 0 bridgehead atoms. The predicted molar refractivity (Wildman–Crippen MR) is 87.1 cm³/mol. The molecule has 5 heteroatoms. The van der Waals surface area contributed by atoms with Gasteiger partial charge >= 0.3 is 5.97 Å². The summed E-state index contributed by atoms with van der Waals surface area (Å²) in [6.45, 7) is 2.97. The molecular formula is C18H21NO4. The molecule has 0 fully saturated rings. The van der Waals surface area contributed by atoms with Crippen LogP contribution in [0.3, 0.4) is 0 Å². The van der Waals surface area contributed by atoms with E-state index in [4.69, 9.17) is 4.74 Å². The van der Waals surface area contributed by atoms with Gasteiger partial charge in [-0.1, -0.05) is 24.3 Å². The van der Waals surface area contributed by atoms with Crippen molar-refractivity contribution in [2.45, 2.75) is 39.2 Å². The van der Waals surface area contributed by atoms with Crippen LogP contribution in [-0.4, -0.2) is 23.8 Å². The standard InChI is InChI=1S/C18H21NO4/c1-12(20)15-10-6-7-11-16(15)19-17(21)13(2)23-18(22)14-8-4-3-5-9-14/h3-4,6-7,10-11,13-14H,5,8-9H2,1-2H3,(H,19,21)/t13-,14+/m0/s1. The Bertz CT molecular complexity index is 636. The SMILES string of the molecule is CC(=O)c1ccccc1NC(=O)[C@H](C)OC(=O)[C@@H]1CC=CCC1. The molecule has 0 aliphatic heterocycles. The summed E-state index contributed by atoms with van der Waals surface area (Å²) in [5.41, 5.74) is 0.852. The van der Waals surface area contributed by atoms with Gasteiger partial charge in [0.1, 0.15) is 0 Å². The van der Waals surface area contributed by atoms with E-state index in [1.165, 1.54) is 13.8 Å². The average molecular weight is 315 g/mol. The van der Waals surface area contributed by atoms with Gasteiger partial charge in [0.25, 0.3) is 5.91 Å². The largest absolute Gasteiger partial charge is 0.452 e. The highest BCUT2D eigenvalue weighted by Crippen LogP contribution is 2.21. The van der Waals surface area contributed by atoms with E-state index >= 15 is 0 Å². The van der Waals surface area contributed by atoms with Gasteiger partial charge in [-0.2, -0.15) is 0 Å². The molecule has 0 heterocycles. The van der Waals surface area contributed by atoms with Crippen molar-refractivity contribution in [2.24, 2.45) is 5.92 Å². The highest BCUT2D eigenvalue weighted by molar-refractivity contribution is 6.04. The van der Waals surface area contributed by atoms with Crippen molar-refractivity contribution >= 4 is 23.3 Å². The van der Waals surface area contributed by atoms with Crippen LogP contribution in [0.5, 0.6) is 0 Å². The molecule has 1 aromatic carbocycles. The third-order valence-corrected chi connectivity index (χ3v) is 3.83. The van der Waals surface area contributed by atoms with Gasteiger partial charge in [-0.3, -0.25) is 14.4 Å². The summed E-state index contributed by atoms with van der Waals surface area (Å²) in [4.78, 5) is 35.8. The molecule has 0 saturated heterocycles. The van der Waals surface area contributed by atoms with Crippen LogP contribution in [0.1, 0.15) is 43.5 Å². The van der Waals surface area contributed by atoms with Gasteiger partial charge in [-0.25, -0.2) is 0 Å². The number of nitrogens with one attached hydrogen (secondary N) is 1. The Balaban J connectivity index is 1.96. The molecule has 1 aliphatic rings. The van der Waals surface area contributed by atoms with Gasteiger partial charge in [0, 0.05) is 5.56 Å². The van der Waals surface area contributed by atoms with Crippen LogP contribution in [0.2, 0.25) is 0 Å².